The summed E-state index contributed by atoms with van der Waals surface area (Å²) in [5.74, 6) is -1.38. The van der Waals surface area contributed by atoms with Crippen molar-refractivity contribution in [3.8, 4) is 5.75 Å². The van der Waals surface area contributed by atoms with Crippen molar-refractivity contribution >= 4 is 11.8 Å². The van der Waals surface area contributed by atoms with Gasteiger partial charge in [0.2, 0.25) is 5.78 Å². The number of benzene rings is 1. The van der Waals surface area contributed by atoms with Crippen LogP contribution in [-0.4, -0.2) is 26.0 Å². The maximum absolute atomic E-state index is 11.7. The Morgan fingerprint density at radius 1 is 1.24 bits per heavy atom. The SMILES string of the molecule is COC(=O)C(=O)C(C)c1cc(C)ccc1OC. The van der Waals surface area contributed by atoms with Crippen LogP contribution >= 0.6 is 0 Å². The number of hydrogen-bond acceptors (Lipinski definition) is 4. The molecule has 92 valence electrons. The van der Waals surface area contributed by atoms with Crippen molar-refractivity contribution < 1.29 is 19.1 Å². The maximum Gasteiger partial charge on any atom is 0.374 e. The fourth-order valence-corrected chi connectivity index (χ4v) is 1.61. The average molecular weight is 236 g/mol. The van der Waals surface area contributed by atoms with Gasteiger partial charge in [0.15, 0.2) is 0 Å². The number of rotatable bonds is 4. The van der Waals surface area contributed by atoms with Crippen LogP contribution in [0.15, 0.2) is 18.2 Å². The van der Waals surface area contributed by atoms with E-state index in [1.165, 1.54) is 14.2 Å². The van der Waals surface area contributed by atoms with Crippen LogP contribution in [0, 0.1) is 6.92 Å². The lowest BCUT2D eigenvalue weighted by Gasteiger charge is -2.14. The van der Waals surface area contributed by atoms with Gasteiger partial charge in [0.1, 0.15) is 5.75 Å². The molecule has 1 aromatic rings. The molecule has 1 atom stereocenters. The smallest absolute Gasteiger partial charge is 0.374 e. The van der Waals surface area contributed by atoms with E-state index in [-0.39, 0.29) is 0 Å². The summed E-state index contributed by atoms with van der Waals surface area (Å²) in [7, 11) is 2.73. The molecular formula is C13H16O4. The molecule has 1 rings (SSSR count). The number of aryl methyl sites for hydroxylation is 1. The fourth-order valence-electron chi connectivity index (χ4n) is 1.61. The molecule has 0 heterocycles. The van der Waals surface area contributed by atoms with Gasteiger partial charge in [-0.25, -0.2) is 4.79 Å². The summed E-state index contributed by atoms with van der Waals surface area (Å²) < 4.78 is 9.61. The highest BCUT2D eigenvalue weighted by Gasteiger charge is 2.25. The Hall–Kier alpha value is -1.84. The Morgan fingerprint density at radius 3 is 2.41 bits per heavy atom. The van der Waals surface area contributed by atoms with E-state index >= 15 is 0 Å². The lowest BCUT2D eigenvalue weighted by atomic mass is 9.94. The Morgan fingerprint density at radius 2 is 1.88 bits per heavy atom. The van der Waals surface area contributed by atoms with Gasteiger partial charge in [-0.3, -0.25) is 4.79 Å². The second kappa shape index (κ2) is 5.48. The molecule has 0 N–H and O–H groups in total. The molecule has 1 unspecified atom stereocenters. The molecule has 0 bridgehead atoms. The predicted octanol–water partition coefficient (Wildman–Crippen LogP) is 1.85. The first-order chi connectivity index (χ1) is 8.01. The van der Waals surface area contributed by atoms with Gasteiger partial charge in [0.25, 0.3) is 0 Å². The van der Waals surface area contributed by atoms with Crippen molar-refractivity contribution in [3.05, 3.63) is 29.3 Å². The second-order valence-electron chi connectivity index (χ2n) is 3.82. The van der Waals surface area contributed by atoms with Crippen molar-refractivity contribution in [1.82, 2.24) is 0 Å². The van der Waals surface area contributed by atoms with E-state index in [9.17, 15) is 9.59 Å². The zero-order valence-electron chi connectivity index (χ0n) is 10.4. The van der Waals surface area contributed by atoms with Gasteiger partial charge < -0.3 is 9.47 Å². The largest absolute Gasteiger partial charge is 0.496 e. The third-order valence-corrected chi connectivity index (χ3v) is 2.63. The van der Waals surface area contributed by atoms with Gasteiger partial charge >= 0.3 is 5.97 Å². The van der Waals surface area contributed by atoms with Crippen LogP contribution in [0.3, 0.4) is 0 Å². The zero-order chi connectivity index (χ0) is 13.0. The highest BCUT2D eigenvalue weighted by molar-refractivity contribution is 6.35. The van der Waals surface area contributed by atoms with Crippen LogP contribution in [0.1, 0.15) is 24.0 Å². The quantitative estimate of drug-likeness (QED) is 0.591. The standard InChI is InChI=1S/C13H16O4/c1-8-5-6-11(16-3)10(7-8)9(2)12(14)13(15)17-4/h5-7,9H,1-4H3. The number of carbonyl (C=O) groups is 2. The molecule has 0 radical (unpaired) electrons. The molecule has 0 aliphatic rings. The maximum atomic E-state index is 11.7. The summed E-state index contributed by atoms with van der Waals surface area (Å²) in [5.41, 5.74) is 1.70. The number of ketones is 1. The Labute approximate surface area is 101 Å². The van der Waals surface area contributed by atoms with Crippen molar-refractivity contribution in [1.29, 1.82) is 0 Å². The zero-order valence-corrected chi connectivity index (χ0v) is 10.4. The molecule has 17 heavy (non-hydrogen) atoms. The highest BCUT2D eigenvalue weighted by atomic mass is 16.5. The topological polar surface area (TPSA) is 52.6 Å². The van der Waals surface area contributed by atoms with Gasteiger partial charge in [0.05, 0.1) is 20.1 Å². The summed E-state index contributed by atoms with van der Waals surface area (Å²) in [6, 6.07) is 5.51. The predicted molar refractivity (Wildman–Crippen MR) is 63.2 cm³/mol. The first-order valence-electron chi connectivity index (χ1n) is 5.28. The number of carbonyl (C=O) groups excluding carboxylic acids is 2. The van der Waals surface area contributed by atoms with Crippen LogP contribution in [0.5, 0.6) is 5.75 Å². The van der Waals surface area contributed by atoms with E-state index in [0.717, 1.165) is 5.56 Å². The van der Waals surface area contributed by atoms with E-state index in [0.29, 0.717) is 11.3 Å². The van der Waals surface area contributed by atoms with Crippen LogP contribution in [0.2, 0.25) is 0 Å². The molecular weight excluding hydrogens is 220 g/mol. The van der Waals surface area contributed by atoms with E-state index in [1.54, 1.807) is 13.0 Å². The average Bonchev–Trinajstić information content (AvgIpc) is 2.35. The van der Waals surface area contributed by atoms with Crippen molar-refractivity contribution in [3.63, 3.8) is 0 Å². The van der Waals surface area contributed by atoms with E-state index in [1.807, 2.05) is 19.1 Å². The third-order valence-electron chi connectivity index (χ3n) is 2.63. The lowest BCUT2D eigenvalue weighted by molar-refractivity contribution is -0.152. The number of Topliss-reactive ketones (excluding diaryl/α,β-unsaturated/α-hetero) is 1. The van der Waals surface area contributed by atoms with Crippen LogP contribution in [0.25, 0.3) is 0 Å². The van der Waals surface area contributed by atoms with Gasteiger partial charge in [0, 0.05) is 5.56 Å². The molecule has 0 fully saturated rings. The Balaban J connectivity index is 3.10. The minimum atomic E-state index is -0.832. The van der Waals surface area contributed by atoms with Crippen LogP contribution in [-0.2, 0) is 14.3 Å². The van der Waals surface area contributed by atoms with Gasteiger partial charge in [-0.2, -0.15) is 0 Å². The summed E-state index contributed by atoms with van der Waals surface area (Å²) in [6.07, 6.45) is 0. The lowest BCUT2D eigenvalue weighted by Crippen LogP contribution is -2.22. The van der Waals surface area contributed by atoms with E-state index < -0.39 is 17.7 Å². The summed E-state index contributed by atoms with van der Waals surface area (Å²) in [4.78, 5) is 22.9. The van der Waals surface area contributed by atoms with Gasteiger partial charge in [-0.05, 0) is 13.0 Å². The first kappa shape index (κ1) is 13.2. The minimum absolute atomic E-state index is 0.572. The molecule has 4 nitrogen and oxygen atoms in total. The van der Waals surface area contributed by atoms with Crippen LogP contribution < -0.4 is 4.74 Å². The minimum Gasteiger partial charge on any atom is -0.496 e. The number of esters is 1. The Kier molecular flexibility index (Phi) is 4.26. The summed E-state index contributed by atoms with van der Waals surface area (Å²) >= 11 is 0. The third kappa shape index (κ3) is 2.84. The molecule has 0 aliphatic carbocycles. The Bertz CT molecular complexity index is 437. The van der Waals surface area contributed by atoms with Gasteiger partial charge in [-0.1, -0.05) is 24.6 Å². The van der Waals surface area contributed by atoms with E-state index in [4.69, 9.17) is 4.74 Å². The molecule has 0 saturated heterocycles. The number of ether oxygens (including phenoxy) is 2. The number of hydrogen-bond donors (Lipinski definition) is 0. The first-order valence-corrected chi connectivity index (χ1v) is 5.28. The highest BCUT2D eigenvalue weighted by Crippen LogP contribution is 2.28. The van der Waals surface area contributed by atoms with Gasteiger partial charge in [-0.15, -0.1) is 0 Å². The molecule has 0 amide bonds. The summed E-state index contributed by atoms with van der Waals surface area (Å²) in [5, 5.41) is 0. The molecule has 0 aliphatic heterocycles. The van der Waals surface area contributed by atoms with Crippen LogP contribution in [0.4, 0.5) is 0 Å². The van der Waals surface area contributed by atoms with Crippen molar-refractivity contribution in [2.24, 2.45) is 0 Å². The second-order valence-corrected chi connectivity index (χ2v) is 3.82. The van der Waals surface area contributed by atoms with E-state index in [2.05, 4.69) is 4.74 Å². The molecule has 4 heteroatoms. The molecule has 0 saturated carbocycles. The molecule has 0 aromatic heterocycles. The normalized spacial score (nSPS) is 11.8. The number of methoxy groups -OCH3 is 2. The summed E-state index contributed by atoms with van der Waals surface area (Å²) in [6.45, 7) is 3.58. The van der Waals surface area contributed by atoms with Crippen molar-refractivity contribution in [2.75, 3.05) is 14.2 Å². The molecule has 1 aromatic carbocycles. The monoisotopic (exact) mass is 236 g/mol. The molecule has 0 spiro atoms. The fraction of sp³-hybridized carbons (Fsp3) is 0.385. The van der Waals surface area contributed by atoms with Crippen molar-refractivity contribution in [2.45, 2.75) is 19.8 Å².